The number of pyridine rings is 1. The lowest BCUT2D eigenvalue weighted by Gasteiger charge is -2.34. The van der Waals surface area contributed by atoms with E-state index in [2.05, 4.69) is 22.5 Å². The molecular weight excluding hydrogens is 238 g/mol. The van der Waals surface area contributed by atoms with Crippen molar-refractivity contribution in [3.05, 3.63) is 30.1 Å². The van der Waals surface area contributed by atoms with Gasteiger partial charge in [-0.3, -0.25) is 9.78 Å². The van der Waals surface area contributed by atoms with Crippen molar-refractivity contribution in [2.45, 2.75) is 32.6 Å². The molecule has 0 bridgehead atoms. The number of piperidine rings is 1. The third kappa shape index (κ3) is 4.63. The zero-order valence-corrected chi connectivity index (χ0v) is 11.6. The second-order valence-electron chi connectivity index (χ2n) is 5.73. The molecule has 0 aliphatic carbocycles. The molecule has 0 spiro atoms. The van der Waals surface area contributed by atoms with Crippen LogP contribution < -0.4 is 10.6 Å². The van der Waals surface area contributed by atoms with Gasteiger partial charge in [0.05, 0.1) is 0 Å². The number of aromatic nitrogens is 1. The SMILES string of the molecule is CC1(CNC(=O)CCc2cccnc2)CCCNC1. The largest absolute Gasteiger partial charge is 0.355 e. The first kappa shape index (κ1) is 14.0. The summed E-state index contributed by atoms with van der Waals surface area (Å²) in [5.74, 6) is 0.135. The Morgan fingerprint density at radius 1 is 1.58 bits per heavy atom. The van der Waals surface area contributed by atoms with E-state index in [4.69, 9.17) is 0 Å². The normalized spacial score (nSPS) is 23.0. The maximum atomic E-state index is 11.8. The number of rotatable bonds is 5. The molecule has 1 unspecified atom stereocenters. The molecule has 2 N–H and O–H groups in total. The van der Waals surface area contributed by atoms with Crippen molar-refractivity contribution in [3.63, 3.8) is 0 Å². The molecule has 1 aromatic heterocycles. The summed E-state index contributed by atoms with van der Waals surface area (Å²) >= 11 is 0. The van der Waals surface area contributed by atoms with Crippen LogP contribution in [0.5, 0.6) is 0 Å². The fourth-order valence-corrected chi connectivity index (χ4v) is 2.47. The Labute approximate surface area is 115 Å². The van der Waals surface area contributed by atoms with Gasteiger partial charge in [-0.25, -0.2) is 0 Å². The lowest BCUT2D eigenvalue weighted by molar-refractivity contribution is -0.121. The predicted molar refractivity (Wildman–Crippen MR) is 75.8 cm³/mol. The summed E-state index contributed by atoms with van der Waals surface area (Å²) in [6.07, 6.45) is 7.24. The third-order valence-corrected chi connectivity index (χ3v) is 3.76. The first-order valence-corrected chi connectivity index (χ1v) is 7.04. The van der Waals surface area contributed by atoms with E-state index in [1.165, 1.54) is 12.8 Å². The van der Waals surface area contributed by atoms with Gasteiger partial charge in [-0.1, -0.05) is 13.0 Å². The van der Waals surface area contributed by atoms with Crippen molar-refractivity contribution in [2.24, 2.45) is 5.41 Å². The summed E-state index contributed by atoms with van der Waals surface area (Å²) in [4.78, 5) is 15.9. The molecule has 1 saturated heterocycles. The standard InChI is InChI=1S/C15H23N3O/c1-15(7-3-9-17-11-15)12-18-14(19)6-5-13-4-2-8-16-10-13/h2,4,8,10,17H,3,5-7,9,11-12H2,1H3,(H,18,19). The minimum Gasteiger partial charge on any atom is -0.355 e. The molecule has 1 atom stereocenters. The summed E-state index contributed by atoms with van der Waals surface area (Å²) in [5.41, 5.74) is 1.32. The molecular formula is C15H23N3O. The molecule has 1 fully saturated rings. The topological polar surface area (TPSA) is 54.0 Å². The maximum absolute atomic E-state index is 11.8. The zero-order chi connectivity index (χ0) is 13.6. The highest BCUT2D eigenvalue weighted by Gasteiger charge is 2.26. The van der Waals surface area contributed by atoms with Gasteiger partial charge in [-0.2, -0.15) is 0 Å². The number of nitrogens with zero attached hydrogens (tertiary/aromatic N) is 1. The van der Waals surface area contributed by atoms with E-state index < -0.39 is 0 Å². The average Bonchev–Trinajstić information content (AvgIpc) is 2.45. The zero-order valence-electron chi connectivity index (χ0n) is 11.6. The van der Waals surface area contributed by atoms with Crippen LogP contribution in [0.4, 0.5) is 0 Å². The number of carbonyl (C=O) groups is 1. The van der Waals surface area contributed by atoms with Crippen LogP contribution in [0.25, 0.3) is 0 Å². The fourth-order valence-electron chi connectivity index (χ4n) is 2.47. The molecule has 1 aromatic rings. The number of hydrogen-bond donors (Lipinski definition) is 2. The van der Waals surface area contributed by atoms with Crippen molar-refractivity contribution >= 4 is 5.91 Å². The molecule has 1 aliphatic heterocycles. The number of hydrogen-bond acceptors (Lipinski definition) is 3. The Hall–Kier alpha value is -1.42. The highest BCUT2D eigenvalue weighted by atomic mass is 16.1. The third-order valence-electron chi connectivity index (χ3n) is 3.76. The van der Waals surface area contributed by atoms with Crippen LogP contribution in [0, 0.1) is 5.41 Å². The van der Waals surface area contributed by atoms with Crippen LogP contribution in [0.2, 0.25) is 0 Å². The van der Waals surface area contributed by atoms with Crippen molar-refractivity contribution in [3.8, 4) is 0 Å². The van der Waals surface area contributed by atoms with E-state index >= 15 is 0 Å². The lowest BCUT2D eigenvalue weighted by atomic mass is 9.83. The molecule has 4 nitrogen and oxygen atoms in total. The van der Waals surface area contributed by atoms with Gasteiger partial charge in [0.2, 0.25) is 5.91 Å². The minimum atomic E-state index is 0.135. The molecule has 0 aromatic carbocycles. The average molecular weight is 261 g/mol. The van der Waals surface area contributed by atoms with E-state index in [0.29, 0.717) is 6.42 Å². The van der Waals surface area contributed by atoms with E-state index in [1.54, 1.807) is 6.20 Å². The van der Waals surface area contributed by atoms with Gasteiger partial charge < -0.3 is 10.6 Å². The molecule has 0 radical (unpaired) electrons. The van der Waals surface area contributed by atoms with Gasteiger partial charge in [0.1, 0.15) is 0 Å². The molecule has 2 rings (SSSR count). The molecule has 1 aliphatic rings. The first-order chi connectivity index (χ1) is 9.18. The predicted octanol–water partition coefficient (Wildman–Crippen LogP) is 1.52. The summed E-state index contributed by atoms with van der Waals surface area (Å²) in [5, 5.41) is 6.46. The second kappa shape index (κ2) is 6.66. The summed E-state index contributed by atoms with van der Waals surface area (Å²) in [6, 6.07) is 3.91. The molecule has 0 saturated carbocycles. The van der Waals surface area contributed by atoms with Crippen LogP contribution in [0.3, 0.4) is 0 Å². The summed E-state index contributed by atoms with van der Waals surface area (Å²) in [6.45, 7) is 5.10. The summed E-state index contributed by atoms with van der Waals surface area (Å²) < 4.78 is 0. The highest BCUT2D eigenvalue weighted by Crippen LogP contribution is 2.24. The smallest absolute Gasteiger partial charge is 0.220 e. The van der Waals surface area contributed by atoms with Crippen LogP contribution >= 0.6 is 0 Å². The Morgan fingerprint density at radius 3 is 3.16 bits per heavy atom. The minimum absolute atomic E-state index is 0.135. The van der Waals surface area contributed by atoms with Crippen LogP contribution in [-0.4, -0.2) is 30.5 Å². The molecule has 19 heavy (non-hydrogen) atoms. The molecule has 2 heterocycles. The Balaban J connectivity index is 1.70. The van der Waals surface area contributed by atoms with E-state index in [1.807, 2.05) is 18.3 Å². The van der Waals surface area contributed by atoms with Gasteiger partial charge in [0, 0.05) is 31.9 Å². The number of aryl methyl sites for hydroxylation is 1. The van der Waals surface area contributed by atoms with Crippen LogP contribution in [0.15, 0.2) is 24.5 Å². The second-order valence-corrected chi connectivity index (χ2v) is 5.73. The number of amides is 1. The monoisotopic (exact) mass is 261 g/mol. The maximum Gasteiger partial charge on any atom is 0.220 e. The highest BCUT2D eigenvalue weighted by molar-refractivity contribution is 5.76. The van der Waals surface area contributed by atoms with Crippen LogP contribution in [-0.2, 0) is 11.2 Å². The number of carbonyl (C=O) groups excluding carboxylic acids is 1. The van der Waals surface area contributed by atoms with Crippen molar-refractivity contribution in [1.29, 1.82) is 0 Å². The Bertz CT molecular complexity index is 399. The van der Waals surface area contributed by atoms with Crippen LogP contribution in [0.1, 0.15) is 31.7 Å². The molecule has 104 valence electrons. The molecule has 4 heteroatoms. The van der Waals surface area contributed by atoms with Crippen molar-refractivity contribution in [1.82, 2.24) is 15.6 Å². The van der Waals surface area contributed by atoms with Gasteiger partial charge in [0.25, 0.3) is 0 Å². The van der Waals surface area contributed by atoms with Crippen molar-refractivity contribution < 1.29 is 4.79 Å². The molecule has 1 amide bonds. The van der Waals surface area contributed by atoms with Gasteiger partial charge in [-0.15, -0.1) is 0 Å². The van der Waals surface area contributed by atoms with Crippen molar-refractivity contribution in [2.75, 3.05) is 19.6 Å². The Morgan fingerprint density at radius 2 is 2.47 bits per heavy atom. The summed E-state index contributed by atoms with van der Waals surface area (Å²) in [7, 11) is 0. The van der Waals surface area contributed by atoms with Gasteiger partial charge in [-0.05, 0) is 42.9 Å². The fraction of sp³-hybridized carbons (Fsp3) is 0.600. The van der Waals surface area contributed by atoms with E-state index in [-0.39, 0.29) is 11.3 Å². The quantitative estimate of drug-likeness (QED) is 0.845. The first-order valence-electron chi connectivity index (χ1n) is 7.04. The van der Waals surface area contributed by atoms with E-state index in [9.17, 15) is 4.79 Å². The van der Waals surface area contributed by atoms with Gasteiger partial charge in [0.15, 0.2) is 0 Å². The number of nitrogens with one attached hydrogen (secondary N) is 2. The Kier molecular flexibility index (Phi) is 4.91. The van der Waals surface area contributed by atoms with Gasteiger partial charge >= 0.3 is 0 Å². The lowest BCUT2D eigenvalue weighted by Crippen LogP contribution is -2.45. The van der Waals surface area contributed by atoms with E-state index in [0.717, 1.165) is 31.6 Å².